The summed E-state index contributed by atoms with van der Waals surface area (Å²) in [4.78, 5) is 3.09. The van der Waals surface area contributed by atoms with Gasteiger partial charge in [0.15, 0.2) is 4.77 Å². The molecule has 3 nitrogen and oxygen atoms in total. The number of hydrogen-bond acceptors (Lipinski definition) is 2. The van der Waals surface area contributed by atoms with Crippen molar-refractivity contribution in [1.82, 2.24) is 9.55 Å². The predicted molar refractivity (Wildman–Crippen MR) is 82.1 cm³/mol. The van der Waals surface area contributed by atoms with E-state index in [1.54, 1.807) is 18.2 Å². The Kier molecular flexibility index (Phi) is 3.32. The summed E-state index contributed by atoms with van der Waals surface area (Å²) in [5, 5.41) is 9.17. The molecule has 3 rings (SSSR count). The Hall–Kier alpha value is -2.45. The van der Waals surface area contributed by atoms with Crippen molar-refractivity contribution in [1.29, 1.82) is 5.26 Å². The molecule has 3 aromatic rings. The van der Waals surface area contributed by atoms with Gasteiger partial charge in [-0.1, -0.05) is 18.2 Å². The van der Waals surface area contributed by atoms with Gasteiger partial charge in [-0.2, -0.15) is 5.26 Å². The van der Waals surface area contributed by atoms with Crippen LogP contribution in [0.25, 0.3) is 11.0 Å². The first-order valence-electron chi connectivity index (χ1n) is 6.50. The fourth-order valence-electron chi connectivity index (χ4n) is 2.52. The number of aromatic amines is 1. The van der Waals surface area contributed by atoms with Crippen molar-refractivity contribution >= 4 is 23.3 Å². The minimum absolute atomic E-state index is 0.0548. The maximum absolute atomic E-state index is 13.1. The van der Waals surface area contributed by atoms with Crippen LogP contribution in [0.3, 0.4) is 0 Å². The quantitative estimate of drug-likeness (QED) is 0.716. The lowest BCUT2D eigenvalue weighted by Crippen LogP contribution is -2.06. The zero-order valence-electron chi connectivity index (χ0n) is 11.3. The number of para-hydroxylation sites is 1. The molecule has 0 aliphatic rings. The van der Waals surface area contributed by atoms with Crippen molar-refractivity contribution in [3.05, 3.63) is 64.2 Å². The minimum Gasteiger partial charge on any atom is -0.329 e. The first kappa shape index (κ1) is 13.5. The molecular formula is C16H12FN3S. The number of nitrogens with one attached hydrogen (secondary N) is 1. The number of benzene rings is 2. The molecule has 0 amide bonds. The second kappa shape index (κ2) is 5.15. The average molecular weight is 297 g/mol. The van der Waals surface area contributed by atoms with Crippen LogP contribution in [0, 0.1) is 21.9 Å². The first-order chi connectivity index (χ1) is 10.1. The molecule has 1 N–H and O–H groups in total. The number of fused-ring (bicyclic) bond motifs is 1. The van der Waals surface area contributed by atoms with Crippen molar-refractivity contribution in [2.75, 3.05) is 0 Å². The van der Waals surface area contributed by atoms with Gasteiger partial charge < -0.3 is 9.55 Å². The molecule has 21 heavy (non-hydrogen) atoms. The fourth-order valence-corrected chi connectivity index (χ4v) is 2.88. The van der Waals surface area contributed by atoms with Crippen LogP contribution in [0.2, 0.25) is 0 Å². The lowest BCUT2D eigenvalue weighted by atomic mass is 10.1. The van der Waals surface area contributed by atoms with Crippen LogP contribution >= 0.6 is 12.2 Å². The largest absolute Gasteiger partial charge is 0.329 e. The van der Waals surface area contributed by atoms with Gasteiger partial charge in [-0.25, -0.2) is 4.39 Å². The number of imidazole rings is 1. The molecule has 104 valence electrons. The Labute approximate surface area is 126 Å². The summed E-state index contributed by atoms with van der Waals surface area (Å²) in [6, 6.07) is 14.0. The summed E-state index contributed by atoms with van der Waals surface area (Å²) in [7, 11) is 0. The number of H-pyrrole nitrogens is 1. The normalized spacial score (nSPS) is 12.2. The Bertz CT molecular complexity index is 900. The Balaban J connectivity index is 2.21. The van der Waals surface area contributed by atoms with Crippen LogP contribution in [0.4, 0.5) is 4.39 Å². The molecule has 0 aliphatic heterocycles. The topological polar surface area (TPSA) is 44.5 Å². The van der Waals surface area contributed by atoms with Crippen molar-refractivity contribution in [2.45, 2.75) is 13.0 Å². The predicted octanol–water partition coefficient (Wildman–Crippen LogP) is 4.32. The average Bonchev–Trinajstić information content (AvgIpc) is 2.83. The van der Waals surface area contributed by atoms with E-state index in [0.29, 0.717) is 10.3 Å². The Morgan fingerprint density at radius 3 is 2.62 bits per heavy atom. The van der Waals surface area contributed by atoms with E-state index < -0.39 is 0 Å². The molecule has 0 aliphatic carbocycles. The van der Waals surface area contributed by atoms with Crippen LogP contribution in [0.15, 0.2) is 42.5 Å². The summed E-state index contributed by atoms with van der Waals surface area (Å²) >= 11 is 5.39. The first-order valence-corrected chi connectivity index (χ1v) is 6.91. The van der Waals surface area contributed by atoms with E-state index >= 15 is 0 Å². The van der Waals surface area contributed by atoms with Crippen LogP contribution < -0.4 is 0 Å². The van der Waals surface area contributed by atoms with Crippen molar-refractivity contribution in [2.24, 2.45) is 0 Å². The summed E-state index contributed by atoms with van der Waals surface area (Å²) in [6.07, 6.45) is 0. The highest BCUT2D eigenvalue weighted by Gasteiger charge is 2.14. The lowest BCUT2D eigenvalue weighted by molar-refractivity contribution is 0.618. The third kappa shape index (κ3) is 2.24. The summed E-state index contributed by atoms with van der Waals surface area (Å²) < 4.78 is 15.5. The molecule has 2 aromatic carbocycles. The molecule has 5 heteroatoms. The van der Waals surface area contributed by atoms with Gasteiger partial charge >= 0.3 is 0 Å². The summed E-state index contributed by atoms with van der Waals surface area (Å²) in [5.41, 5.74) is 3.12. The summed E-state index contributed by atoms with van der Waals surface area (Å²) in [6.45, 7) is 2.00. The summed E-state index contributed by atoms with van der Waals surface area (Å²) in [5.74, 6) is -0.264. The van der Waals surface area contributed by atoms with Gasteiger partial charge in [-0.15, -0.1) is 0 Å². The zero-order valence-corrected chi connectivity index (χ0v) is 12.1. The highest BCUT2D eigenvalue weighted by Crippen LogP contribution is 2.26. The van der Waals surface area contributed by atoms with E-state index in [2.05, 4.69) is 11.1 Å². The highest BCUT2D eigenvalue weighted by atomic mass is 32.1. The number of aromatic nitrogens is 2. The fraction of sp³-hybridized carbons (Fsp3) is 0.125. The molecule has 1 unspecified atom stereocenters. The van der Waals surface area contributed by atoms with E-state index in [9.17, 15) is 4.39 Å². The number of nitrogens with zero attached hydrogens (tertiary/aromatic N) is 2. The van der Waals surface area contributed by atoms with Gasteiger partial charge in [-0.05, 0) is 49.0 Å². The van der Waals surface area contributed by atoms with Crippen LogP contribution in [0.1, 0.15) is 24.1 Å². The standard InChI is InChI=1S/C16H12FN3S/c1-10(11-5-7-13(17)8-6-11)20-14-4-2-3-12(9-18)15(14)19-16(20)21/h2-8,10H,1H3,(H,19,21). The van der Waals surface area contributed by atoms with Gasteiger partial charge in [0, 0.05) is 0 Å². The minimum atomic E-state index is -0.264. The molecule has 0 saturated carbocycles. The molecule has 0 saturated heterocycles. The van der Waals surface area contributed by atoms with E-state index in [1.165, 1.54) is 12.1 Å². The van der Waals surface area contributed by atoms with Crippen molar-refractivity contribution in [3.63, 3.8) is 0 Å². The molecule has 0 radical (unpaired) electrons. The second-order valence-electron chi connectivity index (χ2n) is 4.84. The number of nitriles is 1. The van der Waals surface area contributed by atoms with Gasteiger partial charge in [0.25, 0.3) is 0 Å². The molecule has 0 bridgehead atoms. The third-order valence-corrected chi connectivity index (χ3v) is 3.91. The van der Waals surface area contributed by atoms with E-state index in [0.717, 1.165) is 16.6 Å². The lowest BCUT2D eigenvalue weighted by Gasteiger charge is -2.15. The van der Waals surface area contributed by atoms with Gasteiger partial charge in [-0.3, -0.25) is 0 Å². The maximum atomic E-state index is 13.1. The van der Waals surface area contributed by atoms with Gasteiger partial charge in [0.1, 0.15) is 11.9 Å². The van der Waals surface area contributed by atoms with Crippen molar-refractivity contribution < 1.29 is 4.39 Å². The maximum Gasteiger partial charge on any atom is 0.178 e. The van der Waals surface area contributed by atoms with E-state index in [1.807, 2.05) is 23.6 Å². The molecule has 0 spiro atoms. The highest BCUT2D eigenvalue weighted by molar-refractivity contribution is 7.71. The molecule has 0 fully saturated rings. The van der Waals surface area contributed by atoms with E-state index in [-0.39, 0.29) is 11.9 Å². The molecule has 1 atom stereocenters. The van der Waals surface area contributed by atoms with Crippen LogP contribution in [-0.4, -0.2) is 9.55 Å². The molecule has 1 heterocycles. The zero-order chi connectivity index (χ0) is 15.0. The smallest absolute Gasteiger partial charge is 0.178 e. The van der Waals surface area contributed by atoms with Crippen LogP contribution in [0.5, 0.6) is 0 Å². The van der Waals surface area contributed by atoms with Crippen LogP contribution in [-0.2, 0) is 0 Å². The van der Waals surface area contributed by atoms with Gasteiger partial charge in [0.2, 0.25) is 0 Å². The number of hydrogen-bond donors (Lipinski definition) is 1. The Morgan fingerprint density at radius 1 is 1.24 bits per heavy atom. The number of halogens is 1. The Morgan fingerprint density at radius 2 is 1.95 bits per heavy atom. The second-order valence-corrected chi connectivity index (χ2v) is 5.23. The molecular weight excluding hydrogens is 285 g/mol. The monoisotopic (exact) mass is 297 g/mol. The molecule has 1 aromatic heterocycles. The van der Waals surface area contributed by atoms with E-state index in [4.69, 9.17) is 17.5 Å². The SMILES string of the molecule is CC(c1ccc(F)cc1)n1c(=S)[nH]c2c(C#N)cccc21. The van der Waals surface area contributed by atoms with Gasteiger partial charge in [0.05, 0.1) is 22.6 Å². The number of rotatable bonds is 2. The third-order valence-electron chi connectivity index (χ3n) is 3.61. The van der Waals surface area contributed by atoms with Crippen molar-refractivity contribution in [3.8, 4) is 6.07 Å².